The molecule has 0 aromatic carbocycles. The Bertz CT molecular complexity index is 1540. The van der Waals surface area contributed by atoms with Crippen LogP contribution in [-0.4, -0.2) is 74.9 Å². The average Bonchev–Trinajstić information content (AvgIpc) is 3.78. The fourth-order valence-corrected chi connectivity index (χ4v) is 8.61. The van der Waals surface area contributed by atoms with Gasteiger partial charge in [-0.1, -0.05) is 129 Å². The summed E-state index contributed by atoms with van der Waals surface area (Å²) in [4.78, 5) is 35.7. The van der Waals surface area contributed by atoms with Crippen LogP contribution < -0.4 is 0 Å². The first-order valence-electron chi connectivity index (χ1n) is 25.6. The van der Waals surface area contributed by atoms with Gasteiger partial charge in [0, 0.05) is 38.5 Å². The number of ether oxygens (including phenoxy) is 2. The molecule has 0 radical (unpaired) electrons. The number of carbonyl (C=O) groups is 2. The van der Waals surface area contributed by atoms with E-state index in [0.29, 0.717) is 17.4 Å². The van der Waals surface area contributed by atoms with E-state index in [1.165, 1.54) is 113 Å². The second-order valence-corrected chi connectivity index (χ2v) is 20.8. The molecule has 1 N–H and O–H groups in total. The SMILES string of the molecule is CCCCCc1cc(C)c(CCCCCCCCCCCCC(=O)OCC(COP(=O)(O)OCC[N+](C)(C)C)OC(=O)CCCCCCCCCCc2oc(CCCCC)cc2C)o1. The van der Waals surface area contributed by atoms with Crippen LogP contribution in [0.5, 0.6) is 0 Å². The van der Waals surface area contributed by atoms with Gasteiger partial charge in [-0.3, -0.25) is 18.6 Å². The lowest BCUT2D eigenvalue weighted by Crippen LogP contribution is -2.37. The molecule has 0 amide bonds. The van der Waals surface area contributed by atoms with Crippen molar-refractivity contribution in [3.8, 4) is 0 Å². The Hall–Kier alpha value is -2.43. The Balaban J connectivity index is 1.59. The van der Waals surface area contributed by atoms with Crippen molar-refractivity contribution in [3.05, 3.63) is 46.3 Å². The predicted molar refractivity (Wildman–Crippen MR) is 259 cm³/mol. The molecule has 2 unspecified atom stereocenters. The summed E-state index contributed by atoms with van der Waals surface area (Å²) in [7, 11) is 1.45. The van der Waals surface area contributed by atoms with Crippen LogP contribution in [-0.2, 0) is 58.4 Å². The molecule has 0 bridgehead atoms. The highest BCUT2D eigenvalue weighted by atomic mass is 31.2. The molecule has 0 aliphatic rings. The van der Waals surface area contributed by atoms with Crippen LogP contribution >= 0.6 is 7.82 Å². The van der Waals surface area contributed by atoms with Crippen molar-refractivity contribution < 1.29 is 50.9 Å². The fraction of sp³-hybridized carbons (Fsp3) is 0.808. The second kappa shape index (κ2) is 34.8. The number of hydrogen-bond donors (Lipinski definition) is 1. The van der Waals surface area contributed by atoms with Crippen molar-refractivity contribution in [1.82, 2.24) is 0 Å². The summed E-state index contributed by atoms with van der Waals surface area (Å²) in [5.74, 6) is 3.77. The number of nitrogens with zero attached hydrogens (tertiary/aromatic N) is 1. The van der Waals surface area contributed by atoms with Crippen LogP contribution in [0.15, 0.2) is 21.0 Å². The minimum atomic E-state index is -4.40. The van der Waals surface area contributed by atoms with Gasteiger partial charge in [0.2, 0.25) is 0 Å². The highest BCUT2D eigenvalue weighted by molar-refractivity contribution is 7.47. The molecule has 0 saturated carbocycles. The average molecular weight is 923 g/mol. The quantitative estimate of drug-likeness (QED) is 0.0297. The van der Waals surface area contributed by atoms with Crippen molar-refractivity contribution in [2.75, 3.05) is 47.5 Å². The third kappa shape index (κ3) is 30.0. The number of esters is 2. The number of unbranched alkanes of at least 4 members (excludes halogenated alkanes) is 20. The molecule has 2 aromatic heterocycles. The first-order chi connectivity index (χ1) is 30.7. The Labute approximate surface area is 389 Å². The number of carbonyl (C=O) groups excluding carboxylic acids is 2. The Kier molecular flexibility index (Phi) is 31.4. The maximum atomic E-state index is 12.8. The predicted octanol–water partition coefficient (Wildman–Crippen LogP) is 13.8. The number of phosphoric acid groups is 1. The second-order valence-electron chi connectivity index (χ2n) is 19.3. The van der Waals surface area contributed by atoms with E-state index in [4.69, 9.17) is 27.4 Å². The van der Waals surface area contributed by atoms with Crippen LogP contribution in [0.2, 0.25) is 0 Å². The lowest BCUT2D eigenvalue weighted by Gasteiger charge is -2.24. The van der Waals surface area contributed by atoms with Gasteiger partial charge in [0.15, 0.2) is 6.10 Å². The zero-order valence-corrected chi connectivity index (χ0v) is 42.7. The lowest BCUT2D eigenvalue weighted by atomic mass is 10.0. The van der Waals surface area contributed by atoms with E-state index in [2.05, 4.69) is 39.8 Å². The normalized spacial score (nSPS) is 13.3. The summed E-state index contributed by atoms with van der Waals surface area (Å²) < 4.78 is 46.8. The maximum Gasteiger partial charge on any atom is 0.472 e. The summed E-state index contributed by atoms with van der Waals surface area (Å²) in [5, 5.41) is 0. The van der Waals surface area contributed by atoms with E-state index in [1.807, 2.05) is 21.1 Å². The van der Waals surface area contributed by atoms with Gasteiger partial charge in [-0.25, -0.2) is 4.57 Å². The van der Waals surface area contributed by atoms with Gasteiger partial charge in [-0.05, 0) is 75.6 Å². The zero-order valence-electron chi connectivity index (χ0n) is 41.8. The van der Waals surface area contributed by atoms with Crippen molar-refractivity contribution in [1.29, 1.82) is 0 Å². The summed E-state index contributed by atoms with van der Waals surface area (Å²) in [6.07, 6.45) is 30.7. The third-order valence-electron chi connectivity index (χ3n) is 11.9. The van der Waals surface area contributed by atoms with E-state index >= 15 is 0 Å². The highest BCUT2D eigenvalue weighted by Gasteiger charge is 2.27. The van der Waals surface area contributed by atoms with Crippen LogP contribution in [0.25, 0.3) is 0 Å². The molecular weight excluding hydrogens is 830 g/mol. The number of likely N-dealkylation sites (N-methyl/N-ethyl adjacent to an activating group) is 1. The highest BCUT2D eigenvalue weighted by Crippen LogP contribution is 2.43. The maximum absolute atomic E-state index is 12.8. The molecule has 2 aromatic rings. The van der Waals surface area contributed by atoms with Crippen LogP contribution in [0.1, 0.15) is 215 Å². The van der Waals surface area contributed by atoms with E-state index in [-0.39, 0.29) is 32.0 Å². The van der Waals surface area contributed by atoms with Gasteiger partial charge in [0.1, 0.15) is 42.8 Å². The number of phosphoric ester groups is 1. The first kappa shape index (κ1) is 57.7. The monoisotopic (exact) mass is 923 g/mol. The van der Waals surface area contributed by atoms with E-state index in [1.54, 1.807) is 0 Å². The van der Waals surface area contributed by atoms with Gasteiger partial charge in [-0.15, -0.1) is 0 Å². The molecule has 0 spiro atoms. The number of furan rings is 2. The summed E-state index contributed by atoms with van der Waals surface area (Å²) in [6, 6.07) is 4.44. The molecule has 11 nitrogen and oxygen atoms in total. The Morgan fingerprint density at radius 3 is 1.42 bits per heavy atom. The molecule has 0 aliphatic carbocycles. The van der Waals surface area contributed by atoms with Gasteiger partial charge in [0.25, 0.3) is 0 Å². The van der Waals surface area contributed by atoms with Crippen LogP contribution in [0.3, 0.4) is 0 Å². The minimum absolute atomic E-state index is 0.0221. The molecule has 64 heavy (non-hydrogen) atoms. The number of quaternary nitrogens is 1. The Morgan fingerprint density at radius 2 is 0.984 bits per heavy atom. The van der Waals surface area contributed by atoms with Crippen LogP contribution in [0.4, 0.5) is 0 Å². The number of rotatable bonds is 42. The summed E-state index contributed by atoms with van der Waals surface area (Å²) >= 11 is 0. The Morgan fingerprint density at radius 1 is 0.578 bits per heavy atom. The van der Waals surface area contributed by atoms with Gasteiger partial charge in [0.05, 0.1) is 27.7 Å². The largest absolute Gasteiger partial charge is 0.472 e. The number of hydrogen-bond acceptors (Lipinski definition) is 9. The molecule has 0 saturated heterocycles. The van der Waals surface area contributed by atoms with E-state index in [9.17, 15) is 19.0 Å². The summed E-state index contributed by atoms with van der Waals surface area (Å²) in [5.41, 5.74) is 2.58. The summed E-state index contributed by atoms with van der Waals surface area (Å²) in [6.45, 7) is 8.64. The zero-order chi connectivity index (χ0) is 46.9. The van der Waals surface area contributed by atoms with Gasteiger partial charge < -0.3 is 27.7 Å². The number of aryl methyl sites for hydroxylation is 6. The standard InChI is InChI=1S/C52H92NO10P/c1-8-10-26-32-46-40-44(3)49(61-46)34-28-22-18-14-12-13-15-20-24-30-36-51(54)58-42-48(43-60-64(56,57)59-39-38-53(5,6)7)63-52(55)37-31-25-21-17-16-19-23-29-35-50-45(4)41-47(62-50)33-27-11-9-2/h40-41,48H,8-39,42-43H2,1-7H3/p+1. The molecule has 12 heteroatoms. The molecule has 370 valence electrons. The molecule has 2 atom stereocenters. The van der Waals surface area contributed by atoms with Crippen molar-refractivity contribution in [2.45, 2.75) is 226 Å². The van der Waals surface area contributed by atoms with E-state index in [0.717, 1.165) is 94.3 Å². The van der Waals surface area contributed by atoms with Crippen molar-refractivity contribution >= 4 is 19.8 Å². The first-order valence-corrected chi connectivity index (χ1v) is 27.1. The van der Waals surface area contributed by atoms with Crippen LogP contribution in [0, 0.1) is 13.8 Å². The van der Waals surface area contributed by atoms with Crippen molar-refractivity contribution in [3.63, 3.8) is 0 Å². The third-order valence-corrected chi connectivity index (χ3v) is 12.9. The van der Waals surface area contributed by atoms with Gasteiger partial charge >= 0.3 is 19.8 Å². The van der Waals surface area contributed by atoms with Gasteiger partial charge in [-0.2, -0.15) is 0 Å². The molecule has 2 heterocycles. The molecular formula is C52H93NO10P+. The minimum Gasteiger partial charge on any atom is -0.466 e. The van der Waals surface area contributed by atoms with E-state index < -0.39 is 26.5 Å². The molecule has 0 aliphatic heterocycles. The lowest BCUT2D eigenvalue weighted by molar-refractivity contribution is -0.870. The fourth-order valence-electron chi connectivity index (χ4n) is 7.87. The molecule has 0 fully saturated rings. The molecule has 2 rings (SSSR count). The smallest absolute Gasteiger partial charge is 0.466 e. The van der Waals surface area contributed by atoms with Crippen molar-refractivity contribution in [2.24, 2.45) is 0 Å². The topological polar surface area (TPSA) is 135 Å².